The molecule has 234 valence electrons. The third-order valence-corrected chi connectivity index (χ3v) is 9.65. The molecule has 4 heterocycles. The Balaban J connectivity index is 1.10. The summed E-state index contributed by atoms with van der Waals surface area (Å²) in [7, 11) is 2.18. The van der Waals surface area contributed by atoms with Crippen LogP contribution in [0.2, 0.25) is 0 Å². The molecule has 3 aromatic carbocycles. The molecule has 1 saturated heterocycles. The summed E-state index contributed by atoms with van der Waals surface area (Å²) in [6.45, 7) is 5.84. The monoisotopic (exact) mass is 614 g/mol. The van der Waals surface area contributed by atoms with Gasteiger partial charge < -0.3 is 24.6 Å². The van der Waals surface area contributed by atoms with Crippen LogP contribution < -0.4 is 9.64 Å². The van der Waals surface area contributed by atoms with Gasteiger partial charge in [-0.3, -0.25) is 9.69 Å². The van der Waals surface area contributed by atoms with Crippen LogP contribution in [0.4, 0.5) is 5.69 Å². The van der Waals surface area contributed by atoms with Crippen molar-refractivity contribution in [1.29, 1.82) is 0 Å². The van der Waals surface area contributed by atoms with E-state index in [1.807, 2.05) is 36.4 Å². The zero-order valence-corrected chi connectivity index (χ0v) is 26.1. The zero-order chi connectivity index (χ0) is 31.2. The number of ether oxygens (including phenoxy) is 1. The minimum absolute atomic E-state index is 0.130. The number of piperazine rings is 1. The Bertz CT molecular complexity index is 1910. The Labute approximate surface area is 268 Å². The number of hydrogen-bond donors (Lipinski definition) is 2. The summed E-state index contributed by atoms with van der Waals surface area (Å²) in [4.78, 5) is 33.2. The number of aliphatic hydroxyl groups is 1. The van der Waals surface area contributed by atoms with Crippen LogP contribution >= 0.6 is 0 Å². The van der Waals surface area contributed by atoms with Crippen molar-refractivity contribution in [2.45, 2.75) is 31.9 Å². The molecule has 2 aromatic heterocycles. The second kappa shape index (κ2) is 12.0. The number of likely N-dealkylation sites (N-methyl/N-ethyl adjacent to an activating group) is 1. The lowest BCUT2D eigenvalue weighted by Gasteiger charge is -2.32. The zero-order valence-electron chi connectivity index (χ0n) is 26.1. The largest absolute Gasteiger partial charge is 0.491 e. The number of fused-ring (bicyclic) bond motifs is 2. The topological polar surface area (TPSA) is 97.8 Å². The highest BCUT2D eigenvalue weighted by Gasteiger charge is 2.30. The molecule has 1 amide bonds. The molecule has 0 radical (unpaired) electrons. The number of carbonyl (C=O) groups is 1. The number of H-pyrrole nitrogens is 1. The molecular weight excluding hydrogens is 576 g/mol. The Hall–Kier alpha value is -4.57. The fourth-order valence-electron chi connectivity index (χ4n) is 6.81. The van der Waals surface area contributed by atoms with Crippen LogP contribution in [0.15, 0.2) is 73.1 Å². The van der Waals surface area contributed by atoms with E-state index < -0.39 is 0 Å². The quantitative estimate of drug-likeness (QED) is 0.252. The second-order valence-corrected chi connectivity index (χ2v) is 12.7. The van der Waals surface area contributed by atoms with Crippen molar-refractivity contribution in [2.24, 2.45) is 0 Å². The van der Waals surface area contributed by atoms with E-state index in [-0.39, 0.29) is 12.5 Å². The molecular formula is C37H38N6O3. The summed E-state index contributed by atoms with van der Waals surface area (Å²) >= 11 is 0. The van der Waals surface area contributed by atoms with Gasteiger partial charge in [-0.2, -0.15) is 0 Å². The van der Waals surface area contributed by atoms with Crippen LogP contribution in [0.5, 0.6) is 5.75 Å². The van der Waals surface area contributed by atoms with Gasteiger partial charge in [-0.05, 0) is 66.8 Å². The molecule has 0 bridgehead atoms. The third-order valence-electron chi connectivity index (χ3n) is 9.65. The van der Waals surface area contributed by atoms with Gasteiger partial charge in [-0.15, -0.1) is 0 Å². The molecule has 2 N–H and O–H groups in total. The molecule has 2 aliphatic heterocycles. The van der Waals surface area contributed by atoms with Gasteiger partial charge in [0, 0.05) is 54.9 Å². The molecule has 5 aromatic rings. The average molecular weight is 615 g/mol. The molecule has 3 aliphatic rings. The molecule has 1 saturated carbocycles. The molecule has 46 heavy (non-hydrogen) atoms. The van der Waals surface area contributed by atoms with Crippen molar-refractivity contribution in [3.63, 3.8) is 0 Å². The van der Waals surface area contributed by atoms with E-state index >= 15 is 0 Å². The van der Waals surface area contributed by atoms with E-state index in [0.29, 0.717) is 47.3 Å². The van der Waals surface area contributed by atoms with Crippen molar-refractivity contribution in [1.82, 2.24) is 24.8 Å². The van der Waals surface area contributed by atoms with E-state index in [2.05, 4.69) is 62.1 Å². The molecule has 2 fully saturated rings. The smallest absolute Gasteiger partial charge is 0.262 e. The molecule has 0 atom stereocenters. The number of nitrogens with zero attached hydrogens (tertiary/aromatic N) is 5. The van der Waals surface area contributed by atoms with Crippen LogP contribution in [0, 0.1) is 0 Å². The second-order valence-electron chi connectivity index (χ2n) is 12.7. The minimum Gasteiger partial charge on any atom is -0.491 e. The Morgan fingerprint density at radius 3 is 2.54 bits per heavy atom. The van der Waals surface area contributed by atoms with Crippen molar-refractivity contribution < 1.29 is 14.6 Å². The Kier molecular flexibility index (Phi) is 7.52. The molecule has 8 rings (SSSR count). The lowest BCUT2D eigenvalue weighted by molar-refractivity contribution is 0.0989. The molecule has 1 aliphatic carbocycles. The van der Waals surface area contributed by atoms with Crippen LogP contribution in [0.3, 0.4) is 0 Å². The SMILES string of the molecule is CN1CCN(Cc2ccc(-c3cc4c(-c5cccc(N6CCOc7cc(C8CC8)ccc7C6=O)c5CO)ncnc4[nH]3)cc2)CC1. The highest BCUT2D eigenvalue weighted by atomic mass is 16.5. The summed E-state index contributed by atoms with van der Waals surface area (Å²) < 4.78 is 6.08. The van der Waals surface area contributed by atoms with Gasteiger partial charge in [0.05, 0.1) is 30.1 Å². The number of nitrogens with one attached hydrogen (secondary N) is 1. The molecule has 0 unspecified atom stereocenters. The Morgan fingerprint density at radius 2 is 1.76 bits per heavy atom. The van der Waals surface area contributed by atoms with E-state index in [4.69, 9.17) is 4.74 Å². The maximum Gasteiger partial charge on any atom is 0.262 e. The number of aromatic nitrogens is 3. The fourth-order valence-corrected chi connectivity index (χ4v) is 6.81. The summed E-state index contributed by atoms with van der Waals surface area (Å²) in [6.07, 6.45) is 3.92. The van der Waals surface area contributed by atoms with Gasteiger partial charge in [0.2, 0.25) is 0 Å². The number of carbonyl (C=O) groups excluding carboxylic acids is 1. The summed E-state index contributed by atoms with van der Waals surface area (Å²) in [5.41, 5.74) is 8.59. The maximum absolute atomic E-state index is 13.9. The van der Waals surface area contributed by atoms with Gasteiger partial charge in [0.1, 0.15) is 24.3 Å². The van der Waals surface area contributed by atoms with Gasteiger partial charge in [0.15, 0.2) is 0 Å². The number of hydrogen-bond acceptors (Lipinski definition) is 7. The normalized spacial score (nSPS) is 17.6. The lowest BCUT2D eigenvalue weighted by Crippen LogP contribution is -2.43. The Morgan fingerprint density at radius 1 is 0.935 bits per heavy atom. The standard InChI is InChI=1S/C37H38N6O3/c1-41-13-15-42(16-14-41)21-24-5-7-26(8-6-24)32-20-30-35(38-23-39-36(30)40-32)28-3-2-4-33(31(28)22-44)43-17-18-46-34-19-27(25-9-10-25)11-12-29(34)37(43)45/h2-8,11-12,19-20,23,25,44H,9-10,13-18,21-22H2,1H3,(H,38,39,40). The summed E-state index contributed by atoms with van der Waals surface area (Å²) in [5.74, 6) is 1.09. The number of aromatic amines is 1. The fraction of sp³-hybridized carbons (Fsp3) is 0.324. The van der Waals surface area contributed by atoms with Crippen LogP contribution in [-0.2, 0) is 13.2 Å². The maximum atomic E-state index is 13.9. The van der Waals surface area contributed by atoms with Gasteiger partial charge in [-0.25, -0.2) is 9.97 Å². The van der Waals surface area contributed by atoms with E-state index in [1.165, 1.54) is 24.0 Å². The number of rotatable bonds is 7. The lowest BCUT2D eigenvalue weighted by atomic mass is 9.99. The van der Waals surface area contributed by atoms with Crippen LogP contribution in [0.25, 0.3) is 33.5 Å². The number of amides is 1. The van der Waals surface area contributed by atoms with Gasteiger partial charge in [0.25, 0.3) is 5.91 Å². The van der Waals surface area contributed by atoms with E-state index in [1.54, 1.807) is 11.2 Å². The third kappa shape index (κ3) is 5.44. The highest BCUT2D eigenvalue weighted by Crippen LogP contribution is 2.43. The molecule has 9 heteroatoms. The van der Waals surface area contributed by atoms with E-state index in [0.717, 1.165) is 60.6 Å². The van der Waals surface area contributed by atoms with Crippen LogP contribution in [-0.4, -0.2) is 82.1 Å². The highest BCUT2D eigenvalue weighted by molar-refractivity contribution is 6.09. The predicted octanol–water partition coefficient (Wildman–Crippen LogP) is 5.45. The first kappa shape index (κ1) is 28.9. The van der Waals surface area contributed by atoms with Crippen LogP contribution in [0.1, 0.15) is 45.8 Å². The summed E-state index contributed by atoms with van der Waals surface area (Å²) in [5, 5.41) is 11.6. The first-order chi connectivity index (χ1) is 22.6. The number of aliphatic hydroxyl groups excluding tert-OH is 1. The van der Waals surface area contributed by atoms with Crippen molar-refractivity contribution in [2.75, 3.05) is 51.3 Å². The number of anilines is 1. The van der Waals surface area contributed by atoms with Crippen molar-refractivity contribution in [3.8, 4) is 28.3 Å². The van der Waals surface area contributed by atoms with Crippen molar-refractivity contribution >= 4 is 22.6 Å². The summed E-state index contributed by atoms with van der Waals surface area (Å²) in [6, 6.07) is 22.5. The van der Waals surface area contributed by atoms with Gasteiger partial charge >= 0.3 is 0 Å². The molecule has 9 nitrogen and oxygen atoms in total. The number of benzene rings is 3. The van der Waals surface area contributed by atoms with Gasteiger partial charge in [-0.1, -0.05) is 42.5 Å². The minimum atomic E-state index is -0.249. The van der Waals surface area contributed by atoms with Crippen molar-refractivity contribution in [3.05, 3.63) is 95.3 Å². The van der Waals surface area contributed by atoms with E-state index in [9.17, 15) is 9.90 Å². The predicted molar refractivity (Wildman–Crippen MR) is 179 cm³/mol. The first-order valence-electron chi connectivity index (χ1n) is 16.2. The molecule has 0 spiro atoms. The average Bonchev–Trinajstić information content (AvgIpc) is 3.87. The first-order valence-corrected chi connectivity index (χ1v) is 16.2.